The highest BCUT2D eigenvalue weighted by Gasteiger charge is 2.14. The standard InChI is InChI=1S/C20H24N2O3/c1-20(2,3)14-9-11-15(12-10-14)21-18(23)13-19(24)22-16-7-5-6-8-17(16)25-4/h5-12H,13H2,1-4H3,(H,21,23)(H,22,24). The van der Waals surface area contributed by atoms with Gasteiger partial charge in [-0.1, -0.05) is 45.0 Å². The van der Waals surface area contributed by atoms with E-state index in [1.165, 1.54) is 12.7 Å². The van der Waals surface area contributed by atoms with Crippen molar-refractivity contribution in [1.29, 1.82) is 0 Å². The fraction of sp³-hybridized carbons (Fsp3) is 0.300. The van der Waals surface area contributed by atoms with Crippen LogP contribution in [0, 0.1) is 0 Å². The molecule has 2 amide bonds. The number of methoxy groups -OCH3 is 1. The molecule has 5 heteroatoms. The predicted molar refractivity (Wildman–Crippen MR) is 100 cm³/mol. The third-order valence-electron chi connectivity index (χ3n) is 3.74. The van der Waals surface area contributed by atoms with Crippen molar-refractivity contribution in [2.45, 2.75) is 32.6 Å². The van der Waals surface area contributed by atoms with Gasteiger partial charge in [-0.05, 0) is 35.2 Å². The third-order valence-corrected chi connectivity index (χ3v) is 3.74. The lowest BCUT2D eigenvalue weighted by molar-refractivity contribution is -0.123. The molecule has 0 radical (unpaired) electrons. The molecule has 0 aromatic heterocycles. The minimum Gasteiger partial charge on any atom is -0.495 e. The van der Waals surface area contributed by atoms with E-state index < -0.39 is 5.91 Å². The van der Waals surface area contributed by atoms with Gasteiger partial charge in [0.25, 0.3) is 0 Å². The second kappa shape index (κ2) is 7.83. The zero-order chi connectivity index (χ0) is 18.4. The summed E-state index contributed by atoms with van der Waals surface area (Å²) >= 11 is 0. The molecule has 2 N–H and O–H groups in total. The van der Waals surface area contributed by atoms with E-state index in [1.807, 2.05) is 30.3 Å². The Kier molecular flexibility index (Phi) is 5.80. The van der Waals surface area contributed by atoms with E-state index in [9.17, 15) is 9.59 Å². The van der Waals surface area contributed by atoms with Gasteiger partial charge in [-0.25, -0.2) is 0 Å². The number of rotatable bonds is 5. The van der Waals surface area contributed by atoms with Gasteiger partial charge >= 0.3 is 0 Å². The lowest BCUT2D eigenvalue weighted by Crippen LogP contribution is -2.21. The molecule has 2 aromatic carbocycles. The zero-order valence-electron chi connectivity index (χ0n) is 15.1. The molecule has 0 unspecified atom stereocenters. The summed E-state index contributed by atoms with van der Waals surface area (Å²) < 4.78 is 5.17. The van der Waals surface area contributed by atoms with E-state index in [2.05, 4.69) is 31.4 Å². The molecule has 0 heterocycles. The fourth-order valence-corrected chi connectivity index (χ4v) is 2.35. The average molecular weight is 340 g/mol. The zero-order valence-corrected chi connectivity index (χ0v) is 15.1. The summed E-state index contributed by atoms with van der Waals surface area (Å²) in [5.41, 5.74) is 2.44. The molecule has 0 atom stereocenters. The van der Waals surface area contributed by atoms with Crippen molar-refractivity contribution in [3.8, 4) is 5.75 Å². The number of ether oxygens (including phenoxy) is 1. The number of para-hydroxylation sites is 2. The summed E-state index contributed by atoms with van der Waals surface area (Å²) in [5, 5.41) is 5.42. The van der Waals surface area contributed by atoms with Crippen molar-refractivity contribution < 1.29 is 14.3 Å². The lowest BCUT2D eigenvalue weighted by atomic mass is 9.87. The number of hydrogen-bond acceptors (Lipinski definition) is 3. The summed E-state index contributed by atoms with van der Waals surface area (Å²) in [6, 6.07) is 14.7. The van der Waals surface area contributed by atoms with Crippen LogP contribution < -0.4 is 15.4 Å². The highest BCUT2D eigenvalue weighted by atomic mass is 16.5. The fourth-order valence-electron chi connectivity index (χ4n) is 2.35. The topological polar surface area (TPSA) is 67.4 Å². The van der Waals surface area contributed by atoms with Gasteiger partial charge in [0.1, 0.15) is 12.2 Å². The van der Waals surface area contributed by atoms with Gasteiger partial charge in [-0.3, -0.25) is 9.59 Å². The number of carbonyl (C=O) groups excluding carboxylic acids is 2. The van der Waals surface area contributed by atoms with Crippen molar-refractivity contribution in [2.75, 3.05) is 17.7 Å². The highest BCUT2D eigenvalue weighted by Crippen LogP contribution is 2.24. The van der Waals surface area contributed by atoms with Crippen LogP contribution >= 0.6 is 0 Å². The van der Waals surface area contributed by atoms with Gasteiger partial charge in [0.15, 0.2) is 0 Å². The first-order valence-electron chi connectivity index (χ1n) is 8.13. The molecule has 0 aliphatic carbocycles. The Morgan fingerprint density at radius 3 is 2.12 bits per heavy atom. The molecule has 2 aromatic rings. The summed E-state index contributed by atoms with van der Waals surface area (Å²) in [6.45, 7) is 6.38. The van der Waals surface area contributed by atoms with Crippen LogP contribution in [0.1, 0.15) is 32.8 Å². The summed E-state index contributed by atoms with van der Waals surface area (Å²) in [7, 11) is 1.53. The van der Waals surface area contributed by atoms with E-state index >= 15 is 0 Å². The van der Waals surface area contributed by atoms with Gasteiger partial charge in [-0.15, -0.1) is 0 Å². The molecule has 0 aliphatic rings. The minimum absolute atomic E-state index is 0.0527. The molecule has 0 saturated carbocycles. The number of hydrogen-bond donors (Lipinski definition) is 2. The molecule has 0 saturated heterocycles. The minimum atomic E-state index is -0.395. The molecular formula is C20H24N2O3. The molecule has 5 nitrogen and oxygen atoms in total. The summed E-state index contributed by atoms with van der Waals surface area (Å²) in [4.78, 5) is 24.1. The Hall–Kier alpha value is -2.82. The van der Waals surface area contributed by atoms with Gasteiger partial charge in [0.05, 0.1) is 12.8 Å². The SMILES string of the molecule is COc1ccccc1NC(=O)CC(=O)Nc1ccc(C(C)(C)C)cc1. The average Bonchev–Trinajstić information content (AvgIpc) is 2.54. The predicted octanol–water partition coefficient (Wildman–Crippen LogP) is 3.96. The lowest BCUT2D eigenvalue weighted by Gasteiger charge is -2.19. The molecule has 0 spiro atoms. The van der Waals surface area contributed by atoms with Gasteiger partial charge in [0.2, 0.25) is 11.8 Å². The maximum absolute atomic E-state index is 12.0. The van der Waals surface area contributed by atoms with Gasteiger partial charge in [0, 0.05) is 5.69 Å². The highest BCUT2D eigenvalue weighted by molar-refractivity contribution is 6.08. The van der Waals surface area contributed by atoms with Gasteiger partial charge in [-0.2, -0.15) is 0 Å². The van der Waals surface area contributed by atoms with Crippen molar-refractivity contribution >= 4 is 23.2 Å². The maximum Gasteiger partial charge on any atom is 0.233 e. The Morgan fingerprint density at radius 1 is 0.920 bits per heavy atom. The Morgan fingerprint density at radius 2 is 1.52 bits per heavy atom. The Bertz CT molecular complexity index is 746. The van der Waals surface area contributed by atoms with Gasteiger partial charge < -0.3 is 15.4 Å². The summed E-state index contributed by atoms with van der Waals surface area (Å²) in [5.74, 6) is -0.210. The molecule has 132 valence electrons. The molecular weight excluding hydrogens is 316 g/mol. The number of nitrogens with one attached hydrogen (secondary N) is 2. The van der Waals surface area contributed by atoms with E-state index in [1.54, 1.807) is 18.2 Å². The molecule has 0 fully saturated rings. The molecule has 2 rings (SSSR count). The van der Waals surface area contributed by atoms with E-state index in [4.69, 9.17) is 4.74 Å². The Labute approximate surface area is 148 Å². The van der Waals surface area contributed by atoms with E-state index in [0.29, 0.717) is 17.1 Å². The monoisotopic (exact) mass is 340 g/mol. The van der Waals surface area contributed by atoms with Crippen molar-refractivity contribution in [3.05, 3.63) is 54.1 Å². The third kappa shape index (κ3) is 5.35. The van der Waals surface area contributed by atoms with Crippen LogP contribution in [0.5, 0.6) is 5.75 Å². The summed E-state index contributed by atoms with van der Waals surface area (Å²) in [6.07, 6.45) is -0.265. The second-order valence-corrected chi connectivity index (χ2v) is 6.80. The van der Waals surface area contributed by atoms with E-state index in [-0.39, 0.29) is 17.7 Å². The van der Waals surface area contributed by atoms with Crippen LogP contribution in [0.15, 0.2) is 48.5 Å². The van der Waals surface area contributed by atoms with E-state index in [0.717, 1.165) is 0 Å². The van der Waals surface area contributed by atoms with Crippen LogP contribution in [0.3, 0.4) is 0 Å². The molecule has 25 heavy (non-hydrogen) atoms. The smallest absolute Gasteiger partial charge is 0.233 e. The van der Waals surface area contributed by atoms with Crippen LogP contribution in [-0.4, -0.2) is 18.9 Å². The number of carbonyl (C=O) groups is 2. The largest absolute Gasteiger partial charge is 0.495 e. The first kappa shape index (κ1) is 18.5. The van der Waals surface area contributed by atoms with Crippen LogP contribution in [0.4, 0.5) is 11.4 Å². The van der Waals surface area contributed by atoms with Crippen LogP contribution in [0.2, 0.25) is 0 Å². The quantitative estimate of drug-likeness (QED) is 0.810. The number of anilines is 2. The second-order valence-electron chi connectivity index (χ2n) is 6.80. The maximum atomic E-state index is 12.0. The number of amides is 2. The van der Waals surface area contributed by atoms with Crippen LogP contribution in [-0.2, 0) is 15.0 Å². The first-order chi connectivity index (χ1) is 11.8. The normalized spacial score (nSPS) is 10.9. The van der Waals surface area contributed by atoms with Crippen molar-refractivity contribution in [3.63, 3.8) is 0 Å². The Balaban J connectivity index is 1.92. The molecule has 0 aliphatic heterocycles. The number of benzene rings is 2. The van der Waals surface area contributed by atoms with Crippen LogP contribution in [0.25, 0.3) is 0 Å². The van der Waals surface area contributed by atoms with Crippen molar-refractivity contribution in [1.82, 2.24) is 0 Å². The first-order valence-corrected chi connectivity index (χ1v) is 8.13. The van der Waals surface area contributed by atoms with Crippen molar-refractivity contribution in [2.24, 2.45) is 0 Å². The molecule has 0 bridgehead atoms.